The number of nitrogens with zero attached hydrogens (tertiary/aromatic N) is 1. The largest absolute Gasteiger partial charge is 0.494 e. The summed E-state index contributed by atoms with van der Waals surface area (Å²) >= 11 is 0. The van der Waals surface area contributed by atoms with Gasteiger partial charge in [0.05, 0.1) is 6.61 Å². The van der Waals surface area contributed by atoms with Crippen molar-refractivity contribution in [1.82, 2.24) is 4.90 Å². The van der Waals surface area contributed by atoms with Gasteiger partial charge in [0.15, 0.2) is 0 Å². The molecule has 1 atom stereocenters. The van der Waals surface area contributed by atoms with E-state index in [-0.39, 0.29) is 12.4 Å². The van der Waals surface area contributed by atoms with E-state index in [0.29, 0.717) is 5.92 Å². The first-order chi connectivity index (χ1) is 8.81. The summed E-state index contributed by atoms with van der Waals surface area (Å²) in [6, 6.07) is 8.45. The summed E-state index contributed by atoms with van der Waals surface area (Å²) in [5.74, 6) is 1.67. The van der Waals surface area contributed by atoms with Crippen molar-refractivity contribution in [1.29, 1.82) is 0 Å². The van der Waals surface area contributed by atoms with Gasteiger partial charge in [0, 0.05) is 13.1 Å². The summed E-state index contributed by atoms with van der Waals surface area (Å²) < 4.78 is 5.66. The summed E-state index contributed by atoms with van der Waals surface area (Å²) in [6.07, 6.45) is 2.29. The van der Waals surface area contributed by atoms with Gasteiger partial charge in [-0.15, -0.1) is 12.4 Å². The quantitative estimate of drug-likeness (QED) is 0.873. The first kappa shape index (κ1) is 16.3. The van der Waals surface area contributed by atoms with Crippen molar-refractivity contribution < 1.29 is 4.74 Å². The number of benzene rings is 1. The Bertz CT molecular complexity index is 373. The van der Waals surface area contributed by atoms with Gasteiger partial charge in [-0.2, -0.15) is 0 Å². The van der Waals surface area contributed by atoms with Crippen molar-refractivity contribution >= 4 is 12.4 Å². The molecule has 3 nitrogen and oxygen atoms in total. The SMILES string of the molecule is CCCOc1cccc(CN2CCC(CN)C2)c1.Cl. The number of rotatable bonds is 6. The van der Waals surface area contributed by atoms with Crippen LogP contribution in [0.3, 0.4) is 0 Å². The second-order valence-corrected chi connectivity index (χ2v) is 5.12. The van der Waals surface area contributed by atoms with E-state index < -0.39 is 0 Å². The Balaban J connectivity index is 0.00000180. The van der Waals surface area contributed by atoms with Crippen LogP contribution in [0.25, 0.3) is 0 Å². The zero-order valence-corrected chi connectivity index (χ0v) is 12.5. The van der Waals surface area contributed by atoms with E-state index in [1.165, 1.54) is 18.5 Å². The lowest BCUT2D eigenvalue weighted by Gasteiger charge is -2.16. The molecular weight excluding hydrogens is 260 g/mol. The zero-order chi connectivity index (χ0) is 12.8. The van der Waals surface area contributed by atoms with E-state index in [9.17, 15) is 0 Å². The molecule has 0 aliphatic carbocycles. The molecule has 0 bridgehead atoms. The average molecular weight is 285 g/mol. The number of likely N-dealkylation sites (tertiary alicyclic amines) is 1. The van der Waals surface area contributed by atoms with Crippen LogP contribution in [0.2, 0.25) is 0 Å². The van der Waals surface area contributed by atoms with Crippen molar-refractivity contribution in [3.63, 3.8) is 0 Å². The number of hydrogen-bond acceptors (Lipinski definition) is 3. The lowest BCUT2D eigenvalue weighted by atomic mass is 10.1. The van der Waals surface area contributed by atoms with Crippen molar-refractivity contribution in [3.05, 3.63) is 29.8 Å². The Hall–Kier alpha value is -0.770. The molecule has 1 aliphatic rings. The number of ether oxygens (including phenoxy) is 1. The summed E-state index contributed by atoms with van der Waals surface area (Å²) in [6.45, 7) is 7.05. The molecule has 2 rings (SSSR count). The fourth-order valence-electron chi connectivity index (χ4n) is 2.46. The monoisotopic (exact) mass is 284 g/mol. The van der Waals surface area contributed by atoms with Gasteiger partial charge in [0.2, 0.25) is 0 Å². The molecular formula is C15H25ClN2O. The molecule has 0 aromatic heterocycles. The Kier molecular flexibility index (Phi) is 7.21. The maximum atomic E-state index is 5.72. The van der Waals surface area contributed by atoms with E-state index in [4.69, 9.17) is 10.5 Å². The third kappa shape index (κ3) is 5.01. The molecule has 1 fully saturated rings. The van der Waals surface area contributed by atoms with Gasteiger partial charge in [-0.05, 0) is 49.5 Å². The number of halogens is 1. The molecule has 0 spiro atoms. The minimum Gasteiger partial charge on any atom is -0.494 e. The van der Waals surface area contributed by atoms with E-state index in [1.807, 2.05) is 6.07 Å². The van der Waals surface area contributed by atoms with Crippen LogP contribution in [0.1, 0.15) is 25.3 Å². The van der Waals surface area contributed by atoms with Gasteiger partial charge in [-0.3, -0.25) is 4.90 Å². The van der Waals surface area contributed by atoms with Crippen LogP contribution in [0.5, 0.6) is 5.75 Å². The van der Waals surface area contributed by atoms with Crippen LogP contribution in [0.4, 0.5) is 0 Å². The molecule has 4 heteroatoms. The Morgan fingerprint density at radius 2 is 2.26 bits per heavy atom. The van der Waals surface area contributed by atoms with Crippen LogP contribution >= 0.6 is 12.4 Å². The average Bonchev–Trinajstić information content (AvgIpc) is 2.84. The second kappa shape index (κ2) is 8.41. The van der Waals surface area contributed by atoms with Crippen molar-refractivity contribution in [3.8, 4) is 5.75 Å². The van der Waals surface area contributed by atoms with E-state index in [0.717, 1.165) is 38.4 Å². The molecule has 1 unspecified atom stereocenters. The molecule has 1 heterocycles. The standard InChI is InChI=1S/C15H24N2O.ClH/c1-2-8-18-15-5-3-4-13(9-15)11-17-7-6-14(10-16)12-17;/h3-5,9,14H,2,6-8,10-12,16H2,1H3;1H. The molecule has 1 saturated heterocycles. The lowest BCUT2D eigenvalue weighted by molar-refractivity contribution is 0.308. The summed E-state index contributed by atoms with van der Waals surface area (Å²) in [5, 5.41) is 0. The first-order valence-corrected chi connectivity index (χ1v) is 6.96. The molecule has 0 amide bonds. The summed E-state index contributed by atoms with van der Waals surface area (Å²) in [7, 11) is 0. The predicted octanol–water partition coefficient (Wildman–Crippen LogP) is 2.68. The minimum absolute atomic E-state index is 0. The highest BCUT2D eigenvalue weighted by atomic mass is 35.5. The molecule has 108 valence electrons. The molecule has 1 aromatic carbocycles. The smallest absolute Gasteiger partial charge is 0.119 e. The highest BCUT2D eigenvalue weighted by Crippen LogP contribution is 2.20. The van der Waals surface area contributed by atoms with Gasteiger partial charge in [-0.25, -0.2) is 0 Å². The molecule has 1 aliphatic heterocycles. The zero-order valence-electron chi connectivity index (χ0n) is 11.7. The van der Waals surface area contributed by atoms with E-state index in [2.05, 4.69) is 30.0 Å². The molecule has 0 radical (unpaired) electrons. The highest BCUT2D eigenvalue weighted by Gasteiger charge is 2.20. The topological polar surface area (TPSA) is 38.5 Å². The summed E-state index contributed by atoms with van der Waals surface area (Å²) in [5.41, 5.74) is 7.06. The van der Waals surface area contributed by atoms with Crippen molar-refractivity contribution in [2.24, 2.45) is 11.7 Å². The van der Waals surface area contributed by atoms with Crippen LogP contribution in [0, 0.1) is 5.92 Å². The fourth-order valence-corrected chi connectivity index (χ4v) is 2.46. The maximum absolute atomic E-state index is 5.72. The van der Waals surface area contributed by atoms with Crippen molar-refractivity contribution in [2.75, 3.05) is 26.2 Å². The third-order valence-corrected chi connectivity index (χ3v) is 3.48. The normalized spacial score (nSPS) is 19.2. The molecule has 19 heavy (non-hydrogen) atoms. The Labute approximate surface area is 122 Å². The van der Waals surface area contributed by atoms with Crippen LogP contribution < -0.4 is 10.5 Å². The minimum atomic E-state index is 0. The third-order valence-electron chi connectivity index (χ3n) is 3.48. The van der Waals surface area contributed by atoms with Gasteiger partial charge in [0.1, 0.15) is 5.75 Å². The van der Waals surface area contributed by atoms with Gasteiger partial charge in [0.25, 0.3) is 0 Å². The van der Waals surface area contributed by atoms with Gasteiger partial charge in [-0.1, -0.05) is 19.1 Å². The molecule has 2 N–H and O–H groups in total. The van der Waals surface area contributed by atoms with Crippen LogP contribution in [-0.4, -0.2) is 31.1 Å². The first-order valence-electron chi connectivity index (χ1n) is 6.96. The summed E-state index contributed by atoms with van der Waals surface area (Å²) in [4.78, 5) is 2.48. The van der Waals surface area contributed by atoms with Crippen LogP contribution in [-0.2, 0) is 6.54 Å². The lowest BCUT2D eigenvalue weighted by Crippen LogP contribution is -2.22. The van der Waals surface area contributed by atoms with Gasteiger partial charge < -0.3 is 10.5 Å². The highest BCUT2D eigenvalue weighted by molar-refractivity contribution is 5.85. The number of hydrogen-bond donors (Lipinski definition) is 1. The molecule has 1 aromatic rings. The van der Waals surface area contributed by atoms with E-state index >= 15 is 0 Å². The number of nitrogens with two attached hydrogens (primary N) is 1. The van der Waals surface area contributed by atoms with Crippen LogP contribution in [0.15, 0.2) is 24.3 Å². The van der Waals surface area contributed by atoms with Gasteiger partial charge >= 0.3 is 0 Å². The fraction of sp³-hybridized carbons (Fsp3) is 0.600. The molecule has 0 saturated carbocycles. The van der Waals surface area contributed by atoms with Crippen molar-refractivity contribution in [2.45, 2.75) is 26.3 Å². The van der Waals surface area contributed by atoms with E-state index in [1.54, 1.807) is 0 Å². The maximum Gasteiger partial charge on any atom is 0.119 e. The Morgan fingerprint density at radius 1 is 1.42 bits per heavy atom. The predicted molar refractivity (Wildman–Crippen MR) is 81.9 cm³/mol. The second-order valence-electron chi connectivity index (χ2n) is 5.12. The Morgan fingerprint density at radius 3 is 2.95 bits per heavy atom.